The predicted octanol–water partition coefficient (Wildman–Crippen LogP) is 1.80. The summed E-state index contributed by atoms with van der Waals surface area (Å²) in [6.45, 7) is 3.89. The Morgan fingerprint density at radius 2 is 2.27 bits per heavy atom. The Morgan fingerprint density at radius 3 is 3.03 bits per heavy atom. The summed E-state index contributed by atoms with van der Waals surface area (Å²) < 4.78 is 12.9. The summed E-state index contributed by atoms with van der Waals surface area (Å²) in [7, 11) is 0. The van der Waals surface area contributed by atoms with Crippen LogP contribution in [0.15, 0.2) is 28.0 Å². The first-order chi connectivity index (χ1) is 16.0. The molecule has 0 aliphatic carbocycles. The first-order valence-electron chi connectivity index (χ1n) is 10.8. The number of aryl methyl sites for hydroxylation is 1. The van der Waals surface area contributed by atoms with Gasteiger partial charge in [0, 0.05) is 19.3 Å². The average Bonchev–Trinajstić information content (AvgIpc) is 3.40. The monoisotopic (exact) mass is 490 g/mol. The van der Waals surface area contributed by atoms with Gasteiger partial charge < -0.3 is 19.9 Å². The minimum Gasteiger partial charge on any atom is -0.394 e. The molecule has 9 nitrogen and oxygen atoms in total. The second-order valence-corrected chi connectivity index (χ2v) is 9.43. The zero-order valence-corrected chi connectivity index (χ0v) is 19.9. The largest absolute Gasteiger partial charge is 0.394 e. The molecule has 0 bridgehead atoms. The van der Waals surface area contributed by atoms with Crippen LogP contribution in [0.2, 0.25) is 0 Å². The lowest BCUT2D eigenvalue weighted by Crippen LogP contribution is -2.35. The molecule has 2 saturated heterocycles. The number of thioether (sulfide) groups is 1. The van der Waals surface area contributed by atoms with E-state index in [0.29, 0.717) is 47.0 Å². The van der Waals surface area contributed by atoms with Crippen molar-refractivity contribution in [3.63, 3.8) is 0 Å². The van der Waals surface area contributed by atoms with Crippen LogP contribution in [0.5, 0.6) is 0 Å². The summed E-state index contributed by atoms with van der Waals surface area (Å²) in [4.78, 5) is 33.0. The summed E-state index contributed by atoms with van der Waals surface area (Å²) in [6, 6.07) is 3.66. The molecule has 4 heterocycles. The van der Waals surface area contributed by atoms with Crippen LogP contribution in [-0.4, -0.2) is 75.2 Å². The highest BCUT2D eigenvalue weighted by molar-refractivity contribution is 8.26. The van der Waals surface area contributed by atoms with Gasteiger partial charge in [-0.1, -0.05) is 30.0 Å². The van der Waals surface area contributed by atoms with E-state index in [0.717, 1.165) is 18.4 Å². The highest BCUT2D eigenvalue weighted by Gasteiger charge is 2.35. The van der Waals surface area contributed by atoms with Gasteiger partial charge in [0.1, 0.15) is 15.8 Å². The van der Waals surface area contributed by atoms with Crippen LogP contribution in [0.1, 0.15) is 24.0 Å². The van der Waals surface area contributed by atoms with Crippen molar-refractivity contribution in [2.45, 2.75) is 25.9 Å². The number of rotatable bonds is 9. The number of thiocarbonyl (C=S) groups is 1. The van der Waals surface area contributed by atoms with E-state index in [1.54, 1.807) is 23.2 Å². The lowest BCUT2D eigenvalue weighted by atomic mass is 10.2. The zero-order valence-electron chi connectivity index (χ0n) is 18.3. The molecule has 0 spiro atoms. The fraction of sp³-hybridized carbons (Fsp3) is 0.455. The van der Waals surface area contributed by atoms with Crippen LogP contribution in [0, 0.1) is 6.92 Å². The van der Waals surface area contributed by atoms with E-state index in [2.05, 4.69) is 10.3 Å². The number of carbonyl (C=O) groups is 1. The topological polar surface area (TPSA) is 105 Å². The van der Waals surface area contributed by atoms with Crippen molar-refractivity contribution in [2.75, 3.05) is 44.8 Å². The van der Waals surface area contributed by atoms with E-state index >= 15 is 0 Å². The first-order valence-corrected chi connectivity index (χ1v) is 12.0. The van der Waals surface area contributed by atoms with Gasteiger partial charge in [-0.25, -0.2) is 4.98 Å². The number of hydrogen-bond acceptors (Lipinski definition) is 9. The van der Waals surface area contributed by atoms with Gasteiger partial charge >= 0.3 is 0 Å². The molecule has 0 radical (unpaired) electrons. The fourth-order valence-corrected chi connectivity index (χ4v) is 5.02. The number of hydrogen-bond donors (Lipinski definition) is 2. The number of ether oxygens (including phenoxy) is 2. The van der Waals surface area contributed by atoms with Gasteiger partial charge in [-0.15, -0.1) is 0 Å². The molecule has 2 aromatic heterocycles. The maximum Gasteiger partial charge on any atom is 0.267 e. The smallest absolute Gasteiger partial charge is 0.267 e. The van der Waals surface area contributed by atoms with Crippen LogP contribution in [0.25, 0.3) is 11.7 Å². The molecule has 0 aromatic carbocycles. The van der Waals surface area contributed by atoms with E-state index in [9.17, 15) is 9.59 Å². The van der Waals surface area contributed by atoms with Crippen LogP contribution in [0.3, 0.4) is 0 Å². The molecule has 0 unspecified atom stereocenters. The zero-order chi connectivity index (χ0) is 23.4. The summed E-state index contributed by atoms with van der Waals surface area (Å²) >= 11 is 6.61. The van der Waals surface area contributed by atoms with E-state index in [1.807, 2.05) is 13.0 Å². The van der Waals surface area contributed by atoms with Gasteiger partial charge in [-0.05, 0) is 37.5 Å². The Labute approximate surface area is 200 Å². The minimum absolute atomic E-state index is 0.0149. The van der Waals surface area contributed by atoms with Gasteiger partial charge in [0.2, 0.25) is 0 Å². The van der Waals surface area contributed by atoms with Crippen molar-refractivity contribution >= 4 is 51.7 Å². The number of aliphatic hydroxyl groups excluding tert-OH is 1. The fourth-order valence-electron chi connectivity index (χ4n) is 3.77. The summed E-state index contributed by atoms with van der Waals surface area (Å²) in [6.07, 6.45) is 5.09. The number of fused-ring (bicyclic) bond motifs is 1. The molecule has 11 heteroatoms. The number of carbonyl (C=O) groups excluding carboxylic acids is 1. The van der Waals surface area contributed by atoms with Gasteiger partial charge in [0.05, 0.1) is 42.9 Å². The summed E-state index contributed by atoms with van der Waals surface area (Å²) in [5, 5.41) is 12.0. The van der Waals surface area contributed by atoms with E-state index in [4.69, 9.17) is 26.8 Å². The summed E-state index contributed by atoms with van der Waals surface area (Å²) in [5.41, 5.74) is 1.37. The predicted molar refractivity (Wildman–Crippen MR) is 131 cm³/mol. The molecule has 0 saturated carbocycles. The minimum atomic E-state index is -0.285. The quantitative estimate of drug-likeness (QED) is 0.309. The Bertz CT molecular complexity index is 1140. The SMILES string of the molecule is Cc1cccn2c(=O)c(/C=C3\SC(=S)N(C[C@H]4CCCO4)C3=O)c(NCCOCCO)nc12. The molecule has 1 atom stereocenters. The van der Waals surface area contributed by atoms with Gasteiger partial charge in [-0.3, -0.25) is 18.9 Å². The van der Waals surface area contributed by atoms with Crippen molar-refractivity contribution < 1.29 is 19.4 Å². The normalized spacial score (nSPS) is 19.9. The molecular weight excluding hydrogens is 464 g/mol. The van der Waals surface area contributed by atoms with Crippen molar-refractivity contribution in [1.29, 1.82) is 0 Å². The Morgan fingerprint density at radius 1 is 1.42 bits per heavy atom. The Hall–Kier alpha value is -2.31. The molecule has 1 amide bonds. The second kappa shape index (κ2) is 10.7. The lowest BCUT2D eigenvalue weighted by molar-refractivity contribution is -0.123. The number of nitrogens with one attached hydrogen (secondary N) is 1. The van der Waals surface area contributed by atoms with E-state index < -0.39 is 0 Å². The molecule has 2 aliphatic heterocycles. The third-order valence-electron chi connectivity index (χ3n) is 5.42. The Kier molecular flexibility index (Phi) is 7.76. The highest BCUT2D eigenvalue weighted by atomic mass is 32.2. The van der Waals surface area contributed by atoms with Crippen molar-refractivity contribution in [3.8, 4) is 0 Å². The average molecular weight is 491 g/mol. The number of aliphatic hydroxyl groups is 1. The highest BCUT2D eigenvalue weighted by Crippen LogP contribution is 2.34. The molecule has 33 heavy (non-hydrogen) atoms. The van der Waals surface area contributed by atoms with Crippen LogP contribution < -0.4 is 10.9 Å². The molecule has 2 aromatic rings. The Balaban J connectivity index is 1.66. The van der Waals surface area contributed by atoms with Crippen LogP contribution >= 0.6 is 24.0 Å². The van der Waals surface area contributed by atoms with E-state index in [1.165, 1.54) is 16.2 Å². The maximum atomic E-state index is 13.4. The number of anilines is 1. The van der Waals surface area contributed by atoms with Crippen LogP contribution in [-0.2, 0) is 14.3 Å². The third kappa shape index (κ3) is 5.28. The maximum absolute atomic E-state index is 13.4. The number of amides is 1. The van der Waals surface area contributed by atoms with Crippen molar-refractivity contribution in [2.24, 2.45) is 0 Å². The molecule has 2 fully saturated rings. The number of aromatic nitrogens is 2. The lowest BCUT2D eigenvalue weighted by Gasteiger charge is -2.18. The summed E-state index contributed by atoms with van der Waals surface area (Å²) in [5.74, 6) is 0.137. The van der Waals surface area contributed by atoms with Gasteiger partial charge in [0.15, 0.2) is 0 Å². The van der Waals surface area contributed by atoms with Gasteiger partial charge in [-0.2, -0.15) is 0 Å². The van der Waals surface area contributed by atoms with Crippen molar-refractivity contribution in [3.05, 3.63) is 44.7 Å². The van der Waals surface area contributed by atoms with Gasteiger partial charge in [0.25, 0.3) is 11.5 Å². The molecule has 2 aliphatic rings. The van der Waals surface area contributed by atoms with Crippen molar-refractivity contribution in [1.82, 2.24) is 14.3 Å². The van der Waals surface area contributed by atoms with E-state index in [-0.39, 0.29) is 36.3 Å². The first kappa shape index (κ1) is 23.8. The van der Waals surface area contributed by atoms with Crippen LogP contribution in [0.4, 0.5) is 5.82 Å². The molecule has 4 rings (SSSR count). The molecule has 176 valence electrons. The molecular formula is C22H26N4O5S2. The third-order valence-corrected chi connectivity index (χ3v) is 6.80. The molecule has 2 N–H and O–H groups in total. The standard InChI is InChI=1S/C22H26N4O5S2/c1-14-4-2-7-25-19(14)24-18(23-6-10-30-11-8-27)16(20(25)28)12-17-21(29)26(22(32)33-17)13-15-5-3-9-31-15/h2,4,7,12,15,23,27H,3,5-6,8-11,13H2,1H3/b17-12-/t15-/m1/s1. The second-order valence-electron chi connectivity index (χ2n) is 7.75. The number of nitrogens with zero attached hydrogens (tertiary/aromatic N) is 3. The number of pyridine rings is 1.